The lowest BCUT2D eigenvalue weighted by Crippen LogP contribution is -2.68. The molecule has 9 heteroatoms. The van der Waals surface area contributed by atoms with Crippen LogP contribution in [0.15, 0.2) is 54.6 Å². The van der Waals surface area contributed by atoms with Crippen LogP contribution in [0.3, 0.4) is 0 Å². The average molecular weight is 610 g/mol. The molecule has 2 unspecified atom stereocenters. The summed E-state index contributed by atoms with van der Waals surface area (Å²) in [6.45, 7) is 2.10. The van der Waals surface area contributed by atoms with Crippen LogP contribution in [-0.4, -0.2) is 76.0 Å². The summed E-state index contributed by atoms with van der Waals surface area (Å²) in [5, 5.41) is 10.7. The second kappa shape index (κ2) is 12.5. The molecule has 0 amide bonds. The number of likely N-dealkylation sites (N-methyl/N-ethyl adjacent to an activating group) is 1. The minimum atomic E-state index is -0.453. The number of benzene rings is 3. The lowest BCUT2D eigenvalue weighted by molar-refractivity contribution is -0.143. The van der Waals surface area contributed by atoms with Gasteiger partial charge in [0, 0.05) is 18.2 Å². The number of carbonyl (C=O) groups excluding carboxylic acids is 1. The summed E-state index contributed by atoms with van der Waals surface area (Å²) in [7, 11) is 8.62. The number of aryl methyl sites for hydroxylation is 1. The van der Waals surface area contributed by atoms with Crippen molar-refractivity contribution in [1.29, 1.82) is 5.26 Å². The van der Waals surface area contributed by atoms with Crippen LogP contribution in [-0.2, 0) is 22.4 Å². The molecule has 45 heavy (non-hydrogen) atoms. The van der Waals surface area contributed by atoms with Crippen molar-refractivity contribution in [1.82, 2.24) is 9.80 Å². The highest BCUT2D eigenvalue weighted by molar-refractivity contribution is 5.87. The Bertz CT molecular complexity index is 1660. The van der Waals surface area contributed by atoms with E-state index in [1.165, 1.54) is 6.08 Å². The summed E-state index contributed by atoms with van der Waals surface area (Å²) in [4.78, 5) is 17.7. The number of piperazine rings is 1. The fourth-order valence-corrected chi connectivity index (χ4v) is 7.40. The second-order valence-electron chi connectivity index (χ2n) is 11.9. The Morgan fingerprint density at radius 2 is 1.42 bits per heavy atom. The summed E-state index contributed by atoms with van der Waals surface area (Å²) < 4.78 is 28.7. The predicted octanol–water partition coefficient (Wildman–Crippen LogP) is 5.06. The number of carbonyl (C=O) groups is 1. The van der Waals surface area contributed by atoms with Crippen molar-refractivity contribution in [3.05, 3.63) is 88.0 Å². The predicted molar refractivity (Wildman–Crippen MR) is 170 cm³/mol. The van der Waals surface area contributed by atoms with Crippen molar-refractivity contribution in [2.75, 3.05) is 42.1 Å². The molecule has 6 rings (SSSR count). The molecule has 0 N–H and O–H groups in total. The summed E-state index contributed by atoms with van der Waals surface area (Å²) >= 11 is 0. The van der Waals surface area contributed by atoms with E-state index in [1.54, 1.807) is 34.5 Å². The maximum absolute atomic E-state index is 13.0. The molecule has 3 aromatic carbocycles. The second-order valence-corrected chi connectivity index (χ2v) is 11.9. The number of esters is 1. The Morgan fingerprint density at radius 3 is 2.02 bits per heavy atom. The molecule has 3 aliphatic heterocycles. The Morgan fingerprint density at radius 1 is 0.867 bits per heavy atom. The largest absolute Gasteiger partial charge is 0.493 e. The highest BCUT2D eigenvalue weighted by Crippen LogP contribution is 2.52. The first-order valence-electron chi connectivity index (χ1n) is 15.1. The third-order valence-corrected chi connectivity index (χ3v) is 9.59. The van der Waals surface area contributed by atoms with E-state index >= 15 is 0 Å². The zero-order valence-electron chi connectivity index (χ0n) is 26.6. The first-order valence-corrected chi connectivity index (χ1v) is 15.1. The van der Waals surface area contributed by atoms with Crippen LogP contribution in [0.1, 0.15) is 45.5 Å². The van der Waals surface area contributed by atoms with Crippen LogP contribution in [0.25, 0.3) is 6.08 Å². The minimum Gasteiger partial charge on any atom is -0.493 e. The molecule has 5 atom stereocenters. The maximum atomic E-state index is 13.0. The highest BCUT2D eigenvalue weighted by atomic mass is 16.5. The number of nitriles is 1. The molecule has 2 bridgehead atoms. The summed E-state index contributed by atoms with van der Waals surface area (Å²) in [6, 6.07) is 17.6. The van der Waals surface area contributed by atoms with Crippen molar-refractivity contribution in [2.24, 2.45) is 0 Å². The zero-order valence-corrected chi connectivity index (χ0v) is 26.6. The van der Waals surface area contributed by atoms with Gasteiger partial charge in [-0.15, -0.1) is 0 Å². The molecular weight excluding hydrogens is 570 g/mol. The topological polar surface area (TPSA) is 93.5 Å². The molecule has 0 aliphatic carbocycles. The Labute approximate surface area is 264 Å². The Hall–Kier alpha value is -4.52. The normalized spacial score (nSPS) is 23.7. The molecule has 0 spiro atoms. The summed E-state index contributed by atoms with van der Waals surface area (Å²) in [5.74, 6) is 2.14. The van der Waals surface area contributed by atoms with Crippen molar-refractivity contribution < 1.29 is 28.5 Å². The van der Waals surface area contributed by atoms with Gasteiger partial charge in [-0.3, -0.25) is 9.80 Å². The Balaban J connectivity index is 1.41. The lowest BCUT2D eigenvalue weighted by Gasteiger charge is -2.59. The number of nitrogens with zero attached hydrogens (tertiary/aromatic N) is 3. The van der Waals surface area contributed by atoms with Gasteiger partial charge in [0.2, 0.25) is 0 Å². The first-order chi connectivity index (χ1) is 21.8. The molecule has 234 valence electrons. The molecule has 3 aromatic rings. The third-order valence-electron chi connectivity index (χ3n) is 9.59. The van der Waals surface area contributed by atoms with Gasteiger partial charge in [0.15, 0.2) is 23.0 Å². The van der Waals surface area contributed by atoms with Crippen LogP contribution in [0.4, 0.5) is 0 Å². The smallest absolute Gasteiger partial charge is 0.330 e. The van der Waals surface area contributed by atoms with Crippen LogP contribution < -0.4 is 18.9 Å². The maximum Gasteiger partial charge on any atom is 0.330 e. The summed E-state index contributed by atoms with van der Waals surface area (Å²) in [6.07, 6.45) is 4.55. The zero-order chi connectivity index (χ0) is 31.8. The molecule has 3 aliphatic rings. The molecule has 9 nitrogen and oxygen atoms in total. The number of hydrogen-bond donors (Lipinski definition) is 0. The fourth-order valence-electron chi connectivity index (χ4n) is 7.40. The van der Waals surface area contributed by atoms with E-state index in [0.717, 1.165) is 33.4 Å². The Kier molecular flexibility index (Phi) is 8.45. The van der Waals surface area contributed by atoms with Gasteiger partial charge in [0.1, 0.15) is 12.6 Å². The van der Waals surface area contributed by atoms with Crippen molar-refractivity contribution >= 4 is 12.0 Å². The van der Waals surface area contributed by atoms with E-state index in [4.69, 9.17) is 23.7 Å². The van der Waals surface area contributed by atoms with Crippen LogP contribution in [0.2, 0.25) is 0 Å². The van der Waals surface area contributed by atoms with Gasteiger partial charge in [-0.05, 0) is 85.0 Å². The van der Waals surface area contributed by atoms with Gasteiger partial charge < -0.3 is 23.7 Å². The number of rotatable bonds is 8. The SMILES string of the molecule is COc1cc2c(cc1OC)C(COC(=O)/C=C/c1ccc(C)cc1)N1C(C2)[C@H]2c3cc(OC)c(OC)cc3C[C@@H]([C@@H]1C#N)N2C. The molecule has 1 saturated heterocycles. The highest BCUT2D eigenvalue weighted by Gasteiger charge is 2.54. The molecule has 0 aromatic heterocycles. The van der Waals surface area contributed by atoms with Gasteiger partial charge in [0.05, 0.1) is 46.6 Å². The van der Waals surface area contributed by atoms with Crippen LogP contribution >= 0.6 is 0 Å². The monoisotopic (exact) mass is 609 g/mol. The van der Waals surface area contributed by atoms with E-state index in [0.29, 0.717) is 35.8 Å². The molecule has 0 radical (unpaired) electrons. The van der Waals surface area contributed by atoms with Gasteiger partial charge in [-0.2, -0.15) is 5.26 Å². The number of fused-ring (bicyclic) bond motifs is 7. The van der Waals surface area contributed by atoms with E-state index in [1.807, 2.05) is 43.3 Å². The van der Waals surface area contributed by atoms with Gasteiger partial charge >= 0.3 is 5.97 Å². The molecule has 1 fully saturated rings. The van der Waals surface area contributed by atoms with Crippen molar-refractivity contribution in [3.63, 3.8) is 0 Å². The number of ether oxygens (including phenoxy) is 5. The van der Waals surface area contributed by atoms with Crippen LogP contribution in [0, 0.1) is 18.3 Å². The van der Waals surface area contributed by atoms with E-state index in [2.05, 4.69) is 35.0 Å². The minimum absolute atomic E-state index is 0.0379. The van der Waals surface area contributed by atoms with Gasteiger partial charge in [-0.1, -0.05) is 29.8 Å². The number of hydrogen-bond acceptors (Lipinski definition) is 9. The quantitative estimate of drug-likeness (QED) is 0.257. The standard InChI is InChI=1S/C36H39N3O6/c1-21-7-9-22(10-8-21)11-12-35(40)45-20-30-25-17-33(43-5)31(41-3)15-23(25)14-28-36-26-18-34(44-6)32(42-4)16-24(26)13-27(38(36)2)29(19-37)39(28)30/h7-12,15-18,27-30,36H,13-14,20H2,1-6H3/b12-11+/t27-,28?,29-,30?,36+/m0/s1. The fraction of sp³-hybridized carbons (Fsp3) is 0.389. The number of methoxy groups -OCH3 is 4. The molecular formula is C36H39N3O6. The first kappa shape index (κ1) is 30.5. The van der Waals surface area contributed by atoms with Crippen molar-refractivity contribution in [2.45, 2.75) is 50.0 Å². The van der Waals surface area contributed by atoms with Crippen LogP contribution in [0.5, 0.6) is 23.0 Å². The van der Waals surface area contributed by atoms with Crippen molar-refractivity contribution in [3.8, 4) is 29.1 Å². The lowest BCUT2D eigenvalue weighted by atomic mass is 9.72. The summed E-state index contributed by atoms with van der Waals surface area (Å²) in [5.41, 5.74) is 6.41. The van der Waals surface area contributed by atoms with E-state index in [9.17, 15) is 10.1 Å². The van der Waals surface area contributed by atoms with E-state index in [-0.39, 0.29) is 30.8 Å². The van der Waals surface area contributed by atoms with E-state index < -0.39 is 12.0 Å². The molecule has 0 saturated carbocycles. The third kappa shape index (κ3) is 5.39. The van der Waals surface area contributed by atoms with Gasteiger partial charge in [-0.25, -0.2) is 4.79 Å². The van der Waals surface area contributed by atoms with Gasteiger partial charge in [0.25, 0.3) is 0 Å². The average Bonchev–Trinajstić information content (AvgIpc) is 3.05. The molecule has 3 heterocycles.